The molecule has 0 saturated heterocycles. The van der Waals surface area contributed by atoms with Gasteiger partial charge in [-0.2, -0.15) is 0 Å². The Kier molecular flexibility index (Phi) is 2.10. The highest BCUT2D eigenvalue weighted by molar-refractivity contribution is 8.14. The van der Waals surface area contributed by atoms with Crippen LogP contribution in [0.15, 0.2) is 0 Å². The maximum absolute atomic E-state index is 7.31. The van der Waals surface area contributed by atoms with Crippen molar-refractivity contribution < 1.29 is 0 Å². The van der Waals surface area contributed by atoms with Crippen molar-refractivity contribution in [2.75, 3.05) is 0 Å². The Hall–Kier alpha value is -0.180. The highest BCUT2D eigenvalue weighted by Crippen LogP contribution is 2.60. The van der Waals surface area contributed by atoms with E-state index in [0.717, 1.165) is 11.8 Å². The molecule has 2 bridgehead atoms. The molecule has 0 unspecified atom stereocenters. The minimum absolute atomic E-state index is 0.299. The molecule has 2 aliphatic rings. The van der Waals surface area contributed by atoms with E-state index in [1.165, 1.54) is 19.3 Å². The van der Waals surface area contributed by atoms with E-state index in [2.05, 4.69) is 13.8 Å². The smallest absolute Gasteiger partial charge is 0.151 e. The van der Waals surface area contributed by atoms with Crippen LogP contribution in [0.4, 0.5) is 0 Å². The molecule has 2 saturated carbocycles. The molecule has 0 radical (unpaired) electrons. The summed E-state index contributed by atoms with van der Waals surface area (Å²) in [5.41, 5.74) is 5.95. The van der Waals surface area contributed by atoms with E-state index in [9.17, 15) is 0 Å². The van der Waals surface area contributed by atoms with Gasteiger partial charge in [0.05, 0.1) is 0 Å². The summed E-state index contributed by atoms with van der Waals surface area (Å²) in [6.45, 7) is 4.77. The van der Waals surface area contributed by atoms with Crippen LogP contribution in [0.25, 0.3) is 0 Å². The zero-order chi connectivity index (χ0) is 9.64. The van der Waals surface area contributed by atoms with Crippen LogP contribution >= 0.6 is 11.8 Å². The monoisotopic (exact) mass is 198 g/mol. The van der Waals surface area contributed by atoms with Gasteiger partial charge in [0.1, 0.15) is 0 Å². The van der Waals surface area contributed by atoms with E-state index < -0.39 is 0 Å². The Labute approximate surface area is 84.2 Å². The molecule has 0 aliphatic heterocycles. The summed E-state index contributed by atoms with van der Waals surface area (Å²) in [4.78, 5) is 0. The molecule has 13 heavy (non-hydrogen) atoms. The average Bonchev–Trinajstić information content (AvgIpc) is 2.38. The zero-order valence-electron chi connectivity index (χ0n) is 8.34. The van der Waals surface area contributed by atoms with Crippen molar-refractivity contribution in [2.24, 2.45) is 23.0 Å². The van der Waals surface area contributed by atoms with E-state index in [1.54, 1.807) is 11.8 Å². The molecule has 2 fully saturated rings. The first kappa shape index (κ1) is 9.38. The lowest BCUT2D eigenvalue weighted by atomic mass is 9.82. The molecular weight excluding hydrogens is 180 g/mol. The first-order valence-corrected chi connectivity index (χ1v) is 5.90. The normalized spacial score (nSPS) is 40.9. The predicted octanol–water partition coefficient (Wildman–Crippen LogP) is 2.44. The molecule has 0 aromatic carbocycles. The lowest BCUT2D eigenvalue weighted by molar-refractivity contribution is 0.261. The van der Waals surface area contributed by atoms with Gasteiger partial charge in [-0.3, -0.25) is 5.41 Å². The van der Waals surface area contributed by atoms with Crippen LogP contribution < -0.4 is 5.73 Å². The zero-order valence-corrected chi connectivity index (χ0v) is 9.16. The number of thioether (sulfide) groups is 1. The van der Waals surface area contributed by atoms with Crippen molar-refractivity contribution in [3.8, 4) is 0 Å². The molecule has 3 N–H and O–H groups in total. The van der Waals surface area contributed by atoms with E-state index in [1.807, 2.05) is 0 Å². The van der Waals surface area contributed by atoms with Crippen LogP contribution in [0.3, 0.4) is 0 Å². The van der Waals surface area contributed by atoms with Crippen LogP contribution in [0.2, 0.25) is 0 Å². The third kappa shape index (κ3) is 1.37. The maximum atomic E-state index is 7.31. The summed E-state index contributed by atoms with van der Waals surface area (Å²) in [5, 5.41) is 8.24. The fraction of sp³-hybridized carbons (Fsp3) is 0.900. The van der Waals surface area contributed by atoms with Gasteiger partial charge in [0.15, 0.2) is 5.17 Å². The number of amidine groups is 1. The Morgan fingerprint density at radius 1 is 1.46 bits per heavy atom. The van der Waals surface area contributed by atoms with Gasteiger partial charge in [0.25, 0.3) is 0 Å². The molecule has 0 heterocycles. The van der Waals surface area contributed by atoms with Crippen molar-refractivity contribution in [3.63, 3.8) is 0 Å². The quantitative estimate of drug-likeness (QED) is 0.502. The standard InChI is InChI=1S/C10H18N2S/c1-10(2)6-3-4-7(10)8(5-6)13-9(11)12/h6-8H,3-5H2,1-2H3,(H3,11,12)/t6-,7-,8-/m1/s1. The second kappa shape index (κ2) is 2.91. The first-order valence-electron chi connectivity index (χ1n) is 5.02. The lowest BCUT2D eigenvalue weighted by Gasteiger charge is -2.25. The van der Waals surface area contributed by atoms with Gasteiger partial charge in [0, 0.05) is 5.25 Å². The van der Waals surface area contributed by atoms with Crippen LogP contribution in [0.5, 0.6) is 0 Å². The molecule has 0 spiro atoms. The number of rotatable bonds is 1. The number of fused-ring (bicyclic) bond motifs is 2. The third-order valence-electron chi connectivity index (χ3n) is 4.08. The highest BCUT2D eigenvalue weighted by atomic mass is 32.2. The van der Waals surface area contributed by atoms with Crippen LogP contribution in [-0.2, 0) is 0 Å². The predicted molar refractivity (Wildman–Crippen MR) is 57.9 cm³/mol. The number of nitrogens with one attached hydrogen (secondary N) is 1. The molecule has 2 aliphatic carbocycles. The summed E-state index contributed by atoms with van der Waals surface area (Å²) in [7, 11) is 0. The van der Waals surface area contributed by atoms with Gasteiger partial charge < -0.3 is 5.73 Å². The minimum Gasteiger partial charge on any atom is -0.379 e. The summed E-state index contributed by atoms with van der Waals surface area (Å²) >= 11 is 1.59. The Balaban J connectivity index is 2.09. The van der Waals surface area contributed by atoms with E-state index >= 15 is 0 Å². The van der Waals surface area contributed by atoms with Crippen molar-refractivity contribution >= 4 is 16.9 Å². The summed E-state index contributed by atoms with van der Waals surface area (Å²) in [5.74, 6) is 1.68. The Morgan fingerprint density at radius 3 is 2.54 bits per heavy atom. The van der Waals surface area contributed by atoms with E-state index in [-0.39, 0.29) is 0 Å². The van der Waals surface area contributed by atoms with Crippen molar-refractivity contribution in [3.05, 3.63) is 0 Å². The van der Waals surface area contributed by atoms with Gasteiger partial charge >= 0.3 is 0 Å². The molecule has 0 amide bonds. The SMILES string of the molecule is CC1(C)[C@@H]2CC[C@@H]1[C@H](SC(=N)N)C2. The van der Waals surface area contributed by atoms with Crippen LogP contribution in [-0.4, -0.2) is 10.4 Å². The van der Waals surface area contributed by atoms with Gasteiger partial charge in [-0.15, -0.1) is 0 Å². The fourth-order valence-corrected chi connectivity index (χ4v) is 4.56. The average molecular weight is 198 g/mol. The third-order valence-corrected chi connectivity index (χ3v) is 5.16. The van der Waals surface area contributed by atoms with Crippen LogP contribution in [0.1, 0.15) is 33.1 Å². The lowest BCUT2D eigenvalue weighted by Crippen LogP contribution is -2.23. The van der Waals surface area contributed by atoms with Crippen LogP contribution in [0, 0.1) is 22.7 Å². The molecule has 2 rings (SSSR count). The second-order valence-electron chi connectivity index (χ2n) is 4.96. The van der Waals surface area contributed by atoms with E-state index in [0.29, 0.717) is 15.8 Å². The van der Waals surface area contributed by atoms with Gasteiger partial charge in [-0.25, -0.2) is 0 Å². The number of hydrogen-bond acceptors (Lipinski definition) is 2. The Bertz CT molecular complexity index is 237. The molecular formula is C10H18N2S. The second-order valence-corrected chi connectivity index (χ2v) is 6.24. The van der Waals surface area contributed by atoms with Gasteiger partial charge in [-0.1, -0.05) is 25.6 Å². The fourth-order valence-electron chi connectivity index (χ4n) is 3.25. The topological polar surface area (TPSA) is 49.9 Å². The summed E-state index contributed by atoms with van der Waals surface area (Å²) in [6, 6.07) is 0. The Morgan fingerprint density at radius 2 is 2.15 bits per heavy atom. The minimum atomic E-state index is 0.299. The van der Waals surface area contributed by atoms with Crippen molar-refractivity contribution in [2.45, 2.75) is 38.4 Å². The van der Waals surface area contributed by atoms with Gasteiger partial charge in [0.2, 0.25) is 0 Å². The summed E-state index contributed by atoms with van der Waals surface area (Å²) in [6.07, 6.45) is 4.02. The maximum Gasteiger partial charge on any atom is 0.151 e. The molecule has 0 aromatic rings. The molecule has 2 nitrogen and oxygen atoms in total. The first-order chi connectivity index (χ1) is 6.01. The molecule has 3 heteroatoms. The molecule has 3 atom stereocenters. The van der Waals surface area contributed by atoms with Crippen molar-refractivity contribution in [1.82, 2.24) is 0 Å². The largest absolute Gasteiger partial charge is 0.379 e. The van der Waals surface area contributed by atoms with E-state index in [4.69, 9.17) is 11.1 Å². The van der Waals surface area contributed by atoms with Gasteiger partial charge in [-0.05, 0) is 36.5 Å². The van der Waals surface area contributed by atoms with Crippen molar-refractivity contribution in [1.29, 1.82) is 5.41 Å². The molecule has 0 aromatic heterocycles. The number of nitrogens with two attached hydrogens (primary N) is 1. The summed E-state index contributed by atoms with van der Waals surface area (Å²) < 4.78 is 0. The highest BCUT2D eigenvalue weighted by Gasteiger charge is 2.53. The molecule has 74 valence electrons. The number of hydrogen-bond donors (Lipinski definition) is 2.